The summed E-state index contributed by atoms with van der Waals surface area (Å²) in [4.78, 5) is 11.8. The van der Waals surface area contributed by atoms with E-state index in [1.807, 2.05) is 0 Å². The van der Waals surface area contributed by atoms with Crippen LogP contribution in [0.4, 0.5) is 0 Å². The normalized spacial score (nSPS) is 12.2. The molecule has 6 nitrogen and oxygen atoms in total. The van der Waals surface area contributed by atoms with Gasteiger partial charge in [0.2, 0.25) is 10.0 Å². The lowest BCUT2D eigenvalue weighted by atomic mass is 10.1. The van der Waals surface area contributed by atoms with Gasteiger partial charge in [0.05, 0.1) is 17.1 Å². The minimum Gasteiger partial charge on any atom is -0.462 e. The Morgan fingerprint density at radius 2 is 2.00 bits per heavy atom. The maximum atomic E-state index is 12.4. The highest BCUT2D eigenvalue weighted by molar-refractivity contribution is 7.89. The molecule has 21 heavy (non-hydrogen) atoms. The molecule has 0 spiro atoms. The monoisotopic (exact) mass is 314 g/mol. The van der Waals surface area contributed by atoms with Crippen molar-refractivity contribution in [3.63, 3.8) is 0 Å². The van der Waals surface area contributed by atoms with Crippen LogP contribution in [0.3, 0.4) is 0 Å². The van der Waals surface area contributed by atoms with E-state index in [0.29, 0.717) is 5.56 Å². The number of carbonyl (C=O) groups is 1. The van der Waals surface area contributed by atoms with Gasteiger partial charge in [-0.2, -0.15) is 0 Å². The lowest BCUT2D eigenvalue weighted by Crippen LogP contribution is -2.48. The number of esters is 1. The number of rotatable bonds is 6. The Morgan fingerprint density at radius 1 is 1.38 bits per heavy atom. The van der Waals surface area contributed by atoms with Crippen molar-refractivity contribution in [1.82, 2.24) is 4.72 Å². The van der Waals surface area contributed by atoms with Crippen LogP contribution in [0.1, 0.15) is 36.7 Å². The molecule has 0 saturated heterocycles. The van der Waals surface area contributed by atoms with Crippen molar-refractivity contribution in [3.05, 3.63) is 29.3 Å². The maximum absolute atomic E-state index is 12.4. The minimum atomic E-state index is -3.77. The van der Waals surface area contributed by atoms with Crippen molar-refractivity contribution < 1.29 is 17.9 Å². The van der Waals surface area contributed by atoms with E-state index >= 15 is 0 Å². The quantitative estimate of drug-likeness (QED) is 0.768. The summed E-state index contributed by atoms with van der Waals surface area (Å²) in [6.45, 7) is 7.12. The van der Waals surface area contributed by atoms with Gasteiger partial charge in [-0.15, -0.1) is 0 Å². The highest BCUT2D eigenvalue weighted by Crippen LogP contribution is 2.19. The smallest absolute Gasteiger partial charge is 0.338 e. The molecule has 0 unspecified atom stereocenters. The Labute approximate surface area is 125 Å². The van der Waals surface area contributed by atoms with Crippen LogP contribution in [-0.4, -0.2) is 33.1 Å². The zero-order chi connectivity index (χ0) is 16.3. The minimum absolute atomic E-state index is 0.0505. The van der Waals surface area contributed by atoms with Gasteiger partial charge < -0.3 is 10.5 Å². The van der Waals surface area contributed by atoms with Gasteiger partial charge in [0.1, 0.15) is 0 Å². The number of sulfonamides is 1. The molecule has 0 heterocycles. The topological polar surface area (TPSA) is 98.5 Å². The van der Waals surface area contributed by atoms with E-state index in [9.17, 15) is 13.2 Å². The van der Waals surface area contributed by atoms with Crippen LogP contribution in [0.15, 0.2) is 23.1 Å². The van der Waals surface area contributed by atoms with Gasteiger partial charge in [-0.3, -0.25) is 0 Å². The SMILES string of the molecule is CCOC(=O)c1ccc(C)c(S(=O)(=O)NC(C)(C)CN)c1. The lowest BCUT2D eigenvalue weighted by Gasteiger charge is -2.24. The molecular formula is C14H22N2O4S. The molecule has 1 rings (SSSR count). The van der Waals surface area contributed by atoms with Crippen LogP contribution in [0.2, 0.25) is 0 Å². The van der Waals surface area contributed by atoms with E-state index in [4.69, 9.17) is 10.5 Å². The standard InChI is InChI=1S/C14H22N2O4S/c1-5-20-13(17)11-7-6-10(2)12(8-11)21(18,19)16-14(3,4)9-15/h6-8,16H,5,9,15H2,1-4H3. The van der Waals surface area contributed by atoms with Crippen LogP contribution in [0.25, 0.3) is 0 Å². The molecule has 1 aromatic carbocycles. The largest absolute Gasteiger partial charge is 0.462 e. The Morgan fingerprint density at radius 3 is 2.52 bits per heavy atom. The van der Waals surface area contributed by atoms with Crippen LogP contribution in [0.5, 0.6) is 0 Å². The lowest BCUT2D eigenvalue weighted by molar-refractivity contribution is 0.0526. The molecule has 0 bridgehead atoms. The molecule has 0 aromatic heterocycles. The predicted molar refractivity (Wildman–Crippen MR) is 80.6 cm³/mol. The van der Waals surface area contributed by atoms with Gasteiger partial charge >= 0.3 is 5.97 Å². The van der Waals surface area contributed by atoms with Crippen molar-refractivity contribution in [3.8, 4) is 0 Å². The van der Waals surface area contributed by atoms with Gasteiger partial charge in [0.15, 0.2) is 0 Å². The van der Waals surface area contributed by atoms with Crippen molar-refractivity contribution in [2.24, 2.45) is 5.73 Å². The second-order valence-electron chi connectivity index (χ2n) is 5.39. The third-order valence-electron chi connectivity index (χ3n) is 2.91. The summed E-state index contributed by atoms with van der Waals surface area (Å²) in [6.07, 6.45) is 0. The number of hydrogen-bond donors (Lipinski definition) is 2. The summed E-state index contributed by atoms with van der Waals surface area (Å²) >= 11 is 0. The van der Waals surface area contributed by atoms with Crippen LogP contribution >= 0.6 is 0 Å². The molecule has 0 atom stereocenters. The fraction of sp³-hybridized carbons (Fsp3) is 0.500. The Balaban J connectivity index is 3.23. The number of hydrogen-bond acceptors (Lipinski definition) is 5. The van der Waals surface area contributed by atoms with Crippen molar-refractivity contribution in [2.75, 3.05) is 13.2 Å². The zero-order valence-electron chi connectivity index (χ0n) is 12.8. The second kappa shape index (κ2) is 6.55. The second-order valence-corrected chi connectivity index (χ2v) is 7.05. The molecule has 0 radical (unpaired) electrons. The number of nitrogens with two attached hydrogens (primary N) is 1. The summed E-state index contributed by atoms with van der Waals surface area (Å²) in [5.74, 6) is -0.549. The fourth-order valence-electron chi connectivity index (χ4n) is 1.69. The molecule has 1 aromatic rings. The number of ether oxygens (including phenoxy) is 1. The Hall–Kier alpha value is -1.44. The Kier molecular flexibility index (Phi) is 5.49. The number of benzene rings is 1. The van der Waals surface area contributed by atoms with Gasteiger partial charge in [-0.05, 0) is 45.4 Å². The highest BCUT2D eigenvalue weighted by atomic mass is 32.2. The molecule has 0 aliphatic carbocycles. The van der Waals surface area contributed by atoms with Gasteiger partial charge in [0, 0.05) is 12.1 Å². The maximum Gasteiger partial charge on any atom is 0.338 e. The van der Waals surface area contributed by atoms with E-state index in [1.54, 1.807) is 39.8 Å². The number of nitrogens with one attached hydrogen (secondary N) is 1. The van der Waals surface area contributed by atoms with Gasteiger partial charge in [0.25, 0.3) is 0 Å². The summed E-state index contributed by atoms with van der Waals surface area (Å²) in [7, 11) is -3.77. The van der Waals surface area contributed by atoms with E-state index in [0.717, 1.165) is 0 Å². The first-order chi connectivity index (χ1) is 9.63. The van der Waals surface area contributed by atoms with E-state index < -0.39 is 21.5 Å². The molecule has 0 aliphatic rings. The van der Waals surface area contributed by atoms with E-state index in [-0.39, 0.29) is 23.6 Å². The number of aryl methyl sites for hydroxylation is 1. The molecule has 0 aliphatic heterocycles. The summed E-state index contributed by atoms with van der Waals surface area (Å²) in [5.41, 5.74) is 5.52. The third kappa shape index (κ3) is 4.52. The predicted octanol–water partition coefficient (Wildman–Crippen LogP) is 1.19. The number of carbonyl (C=O) groups excluding carboxylic acids is 1. The van der Waals surface area contributed by atoms with Crippen molar-refractivity contribution in [2.45, 2.75) is 38.1 Å². The molecule has 7 heteroatoms. The zero-order valence-corrected chi connectivity index (χ0v) is 13.6. The average Bonchev–Trinajstić information content (AvgIpc) is 2.38. The summed E-state index contributed by atoms with van der Waals surface area (Å²) < 4.78 is 32.3. The first-order valence-corrected chi connectivity index (χ1v) is 8.13. The van der Waals surface area contributed by atoms with Crippen molar-refractivity contribution >= 4 is 16.0 Å². The molecule has 118 valence electrons. The summed E-state index contributed by atoms with van der Waals surface area (Å²) in [5, 5.41) is 0. The first kappa shape index (κ1) is 17.6. The average molecular weight is 314 g/mol. The van der Waals surface area contributed by atoms with E-state index in [2.05, 4.69) is 4.72 Å². The molecule has 3 N–H and O–H groups in total. The molecule has 0 fully saturated rings. The third-order valence-corrected chi connectivity index (χ3v) is 4.75. The molecule has 0 amide bonds. The van der Waals surface area contributed by atoms with Crippen molar-refractivity contribution in [1.29, 1.82) is 0 Å². The molecule has 0 saturated carbocycles. The van der Waals surface area contributed by atoms with Crippen LogP contribution < -0.4 is 10.5 Å². The van der Waals surface area contributed by atoms with Crippen LogP contribution in [-0.2, 0) is 14.8 Å². The van der Waals surface area contributed by atoms with Gasteiger partial charge in [-0.25, -0.2) is 17.9 Å². The van der Waals surface area contributed by atoms with E-state index in [1.165, 1.54) is 6.07 Å². The highest BCUT2D eigenvalue weighted by Gasteiger charge is 2.27. The fourth-order valence-corrected chi connectivity index (χ4v) is 3.39. The Bertz CT molecular complexity index is 624. The summed E-state index contributed by atoms with van der Waals surface area (Å²) in [6, 6.07) is 4.44. The van der Waals surface area contributed by atoms with Gasteiger partial charge in [-0.1, -0.05) is 6.07 Å². The molecular weight excluding hydrogens is 292 g/mol. The first-order valence-electron chi connectivity index (χ1n) is 6.65. The van der Waals surface area contributed by atoms with Crippen LogP contribution in [0, 0.1) is 6.92 Å².